The van der Waals surface area contributed by atoms with Gasteiger partial charge in [-0.1, -0.05) is 0 Å². The van der Waals surface area contributed by atoms with E-state index in [0.29, 0.717) is 26.4 Å². The number of ether oxygens (including phenoxy) is 2. The van der Waals surface area contributed by atoms with Gasteiger partial charge in [0.1, 0.15) is 6.61 Å². The third-order valence-electron chi connectivity index (χ3n) is 3.68. The van der Waals surface area contributed by atoms with Crippen LogP contribution in [0.25, 0.3) is 19.5 Å². The molecule has 1 N–H and O–H groups in total. The third kappa shape index (κ3) is 5.72. The summed E-state index contributed by atoms with van der Waals surface area (Å²) in [6.07, 6.45) is 0.909. The molecule has 0 amide bonds. The average Bonchev–Trinajstić information content (AvgIpc) is 3.37. The van der Waals surface area contributed by atoms with Crippen LogP contribution in [0.2, 0.25) is 0 Å². The maximum absolute atomic E-state index is 8.17. The maximum Gasteiger partial charge on any atom is 0.105 e. The van der Waals surface area contributed by atoms with E-state index in [2.05, 4.69) is 48.2 Å². The topological polar surface area (TPSA) is 47.9 Å². The quantitative estimate of drug-likeness (QED) is 0.255. The number of thiophene rings is 3. The van der Waals surface area contributed by atoms with Crippen molar-refractivity contribution in [2.24, 2.45) is 0 Å². The second kappa shape index (κ2) is 10.3. The molecular formula is C19H22O4S3. The highest BCUT2D eigenvalue weighted by atomic mass is 32.1. The molecule has 0 aliphatic carbocycles. The van der Waals surface area contributed by atoms with Crippen molar-refractivity contribution >= 4 is 34.0 Å². The Kier molecular flexibility index (Phi) is 7.82. The van der Waals surface area contributed by atoms with Gasteiger partial charge in [-0.3, -0.25) is 5.26 Å². The fraction of sp³-hybridized carbons (Fsp3) is 0.368. The molecule has 140 valence electrons. The molecule has 0 radical (unpaired) electrons. The Morgan fingerprint density at radius 1 is 0.692 bits per heavy atom. The molecule has 0 aliphatic rings. The van der Waals surface area contributed by atoms with Gasteiger partial charge in [-0.25, -0.2) is 4.89 Å². The summed E-state index contributed by atoms with van der Waals surface area (Å²) in [5.41, 5.74) is 0. The molecule has 0 aromatic carbocycles. The van der Waals surface area contributed by atoms with Gasteiger partial charge in [0.15, 0.2) is 0 Å². The first-order valence-electron chi connectivity index (χ1n) is 8.44. The summed E-state index contributed by atoms with van der Waals surface area (Å²) >= 11 is 5.53. The average molecular weight is 411 g/mol. The lowest BCUT2D eigenvalue weighted by Gasteiger charge is -2.04. The van der Waals surface area contributed by atoms with Crippen LogP contribution in [0.1, 0.15) is 9.75 Å². The van der Waals surface area contributed by atoms with Crippen molar-refractivity contribution in [1.29, 1.82) is 0 Å². The van der Waals surface area contributed by atoms with E-state index in [1.54, 1.807) is 0 Å². The molecule has 0 fully saturated rings. The summed E-state index contributed by atoms with van der Waals surface area (Å²) in [4.78, 5) is 11.9. The lowest BCUT2D eigenvalue weighted by atomic mass is 10.3. The van der Waals surface area contributed by atoms with Gasteiger partial charge in [-0.15, -0.1) is 34.0 Å². The Labute approximate surface area is 165 Å². The molecule has 0 unspecified atom stereocenters. The molecule has 0 aliphatic heterocycles. The first-order valence-corrected chi connectivity index (χ1v) is 10.9. The second-order valence-electron chi connectivity index (χ2n) is 5.65. The van der Waals surface area contributed by atoms with Crippen molar-refractivity contribution in [2.45, 2.75) is 13.3 Å². The summed E-state index contributed by atoms with van der Waals surface area (Å²) in [5.74, 6) is 0. The lowest BCUT2D eigenvalue weighted by molar-refractivity contribution is -0.249. The molecule has 0 atom stereocenters. The van der Waals surface area contributed by atoms with Crippen LogP contribution in [-0.2, 0) is 20.8 Å². The van der Waals surface area contributed by atoms with Gasteiger partial charge in [0, 0.05) is 35.7 Å². The molecule has 3 heterocycles. The number of hydrogen-bond donors (Lipinski definition) is 1. The van der Waals surface area contributed by atoms with E-state index in [0.717, 1.165) is 6.42 Å². The van der Waals surface area contributed by atoms with E-state index in [4.69, 9.17) is 14.7 Å². The van der Waals surface area contributed by atoms with E-state index >= 15 is 0 Å². The molecule has 0 saturated carbocycles. The fourth-order valence-electron chi connectivity index (χ4n) is 2.41. The Bertz CT molecular complexity index is 790. The zero-order valence-electron chi connectivity index (χ0n) is 14.6. The van der Waals surface area contributed by atoms with Crippen molar-refractivity contribution in [2.75, 3.05) is 33.0 Å². The van der Waals surface area contributed by atoms with Crippen molar-refractivity contribution in [3.63, 3.8) is 0 Å². The van der Waals surface area contributed by atoms with Crippen molar-refractivity contribution < 1.29 is 19.6 Å². The third-order valence-corrected chi connectivity index (χ3v) is 7.30. The van der Waals surface area contributed by atoms with E-state index in [1.807, 2.05) is 34.0 Å². The molecule has 3 aromatic rings. The van der Waals surface area contributed by atoms with E-state index < -0.39 is 0 Å². The first kappa shape index (κ1) is 19.7. The van der Waals surface area contributed by atoms with Crippen LogP contribution < -0.4 is 0 Å². The molecule has 4 nitrogen and oxygen atoms in total. The van der Waals surface area contributed by atoms with Gasteiger partial charge < -0.3 is 9.47 Å². The normalized spacial score (nSPS) is 11.3. The van der Waals surface area contributed by atoms with Crippen LogP contribution in [0.4, 0.5) is 0 Å². The van der Waals surface area contributed by atoms with Gasteiger partial charge in [-0.2, -0.15) is 0 Å². The van der Waals surface area contributed by atoms with Crippen LogP contribution in [-0.4, -0.2) is 38.3 Å². The van der Waals surface area contributed by atoms with Gasteiger partial charge >= 0.3 is 0 Å². The molecule has 26 heavy (non-hydrogen) atoms. The largest absolute Gasteiger partial charge is 0.379 e. The van der Waals surface area contributed by atoms with Crippen molar-refractivity contribution in [3.8, 4) is 19.5 Å². The van der Waals surface area contributed by atoms with Gasteiger partial charge in [0.25, 0.3) is 0 Å². The number of rotatable bonds is 11. The van der Waals surface area contributed by atoms with E-state index in [1.165, 1.54) is 29.3 Å². The minimum Gasteiger partial charge on any atom is -0.379 e. The van der Waals surface area contributed by atoms with Crippen LogP contribution in [0.3, 0.4) is 0 Å². The predicted molar refractivity (Wildman–Crippen MR) is 110 cm³/mol. The molecule has 3 rings (SSSR count). The minimum absolute atomic E-state index is 0.189. The molecule has 7 heteroatoms. The second-order valence-corrected chi connectivity index (χ2v) is 9.19. The van der Waals surface area contributed by atoms with Gasteiger partial charge in [-0.05, 0) is 43.3 Å². The summed E-state index contributed by atoms with van der Waals surface area (Å²) in [6.45, 7) is 4.46. The first-order chi connectivity index (χ1) is 12.8. The Balaban J connectivity index is 1.44. The van der Waals surface area contributed by atoms with E-state index in [-0.39, 0.29) is 6.61 Å². The van der Waals surface area contributed by atoms with Crippen LogP contribution in [0, 0.1) is 6.92 Å². The van der Waals surface area contributed by atoms with Gasteiger partial charge in [0.2, 0.25) is 0 Å². The smallest absolute Gasteiger partial charge is 0.105 e. The Morgan fingerprint density at radius 2 is 1.27 bits per heavy atom. The summed E-state index contributed by atoms with van der Waals surface area (Å²) in [6, 6.07) is 13.2. The molecule has 0 bridgehead atoms. The van der Waals surface area contributed by atoms with Crippen molar-refractivity contribution in [1.82, 2.24) is 0 Å². The van der Waals surface area contributed by atoms with Gasteiger partial charge in [0.05, 0.1) is 26.4 Å². The molecule has 3 aromatic heterocycles. The molecule has 0 saturated heterocycles. The standard InChI is InChI=1S/C19H22O4S3/c1-14-2-4-16(24-14)18-6-7-19(26-18)17-5-3-15(25-17)8-9-21-10-11-22-12-13-23-20/h2-7,20H,8-13H2,1H3. The van der Waals surface area contributed by atoms with Crippen LogP contribution >= 0.6 is 34.0 Å². The highest BCUT2D eigenvalue weighted by Crippen LogP contribution is 2.39. The predicted octanol–water partition coefficient (Wildman–Crippen LogP) is 5.58. The Hall–Kier alpha value is -1.06. The molecule has 0 spiro atoms. The van der Waals surface area contributed by atoms with Crippen LogP contribution in [0.5, 0.6) is 0 Å². The number of hydrogen-bond acceptors (Lipinski definition) is 7. The SMILES string of the molecule is Cc1ccc(-c2ccc(-c3ccc(CCOCCOCCOO)s3)s2)s1. The van der Waals surface area contributed by atoms with Crippen LogP contribution in [0.15, 0.2) is 36.4 Å². The monoisotopic (exact) mass is 410 g/mol. The maximum atomic E-state index is 8.17. The van der Waals surface area contributed by atoms with E-state index in [9.17, 15) is 0 Å². The fourth-order valence-corrected chi connectivity index (χ4v) is 5.45. The summed E-state index contributed by atoms with van der Waals surface area (Å²) < 4.78 is 10.8. The summed E-state index contributed by atoms with van der Waals surface area (Å²) in [7, 11) is 0. The minimum atomic E-state index is 0.189. The number of aryl methyl sites for hydroxylation is 1. The van der Waals surface area contributed by atoms with Crippen molar-refractivity contribution in [3.05, 3.63) is 46.2 Å². The lowest BCUT2D eigenvalue weighted by Crippen LogP contribution is -2.09. The zero-order valence-corrected chi connectivity index (χ0v) is 17.1. The molecular weight excluding hydrogens is 388 g/mol. The Morgan fingerprint density at radius 3 is 1.96 bits per heavy atom. The highest BCUT2D eigenvalue weighted by Gasteiger charge is 2.09. The summed E-state index contributed by atoms with van der Waals surface area (Å²) in [5, 5.41) is 8.17. The highest BCUT2D eigenvalue weighted by molar-refractivity contribution is 7.26. The zero-order chi connectivity index (χ0) is 18.2.